The topological polar surface area (TPSA) is 123 Å². The summed E-state index contributed by atoms with van der Waals surface area (Å²) in [5.41, 5.74) is 3.63. The lowest BCUT2D eigenvalue weighted by atomic mass is 9.76. The number of piperidine rings is 1. The number of likely N-dealkylation sites (tertiary alicyclic amines) is 1. The van der Waals surface area contributed by atoms with Crippen LogP contribution in [0.15, 0.2) is 77.7 Å². The first-order valence-corrected chi connectivity index (χ1v) is 18.0. The number of carbonyl (C=O) groups is 2. The standard InChI is InChI=1S/C30H40N2O5.C7H8O3S/c1-35-26-11-7-23(8-12-26)30(24-9-13-27(36-2)14-10-24)25-15-19-31(20-16-25)17-5-3-4-6-18-32-28(33)21-37-22-29(32)34;1-6-2-4-7(5-3-6)11(8,9)10/h7-14,25,30H,3-6,15-22H2,1-2H3;2-5H,1H3,(H,8,9,10). The smallest absolute Gasteiger partial charge is 0.294 e. The van der Waals surface area contributed by atoms with Gasteiger partial charge in [-0.15, -0.1) is 0 Å². The number of hydrogen-bond acceptors (Lipinski definition) is 8. The van der Waals surface area contributed by atoms with Gasteiger partial charge < -0.3 is 19.1 Å². The summed E-state index contributed by atoms with van der Waals surface area (Å²) < 4.78 is 45.3. The Morgan fingerprint density at radius 2 is 1.23 bits per heavy atom. The molecule has 0 saturated carbocycles. The zero-order valence-corrected chi connectivity index (χ0v) is 29.0. The molecule has 2 saturated heterocycles. The lowest BCUT2D eigenvalue weighted by Gasteiger charge is -2.37. The summed E-state index contributed by atoms with van der Waals surface area (Å²) in [5.74, 6) is 2.29. The summed E-state index contributed by atoms with van der Waals surface area (Å²) in [7, 11) is -0.607. The number of benzene rings is 3. The van der Waals surface area contributed by atoms with E-state index in [1.165, 1.54) is 41.0 Å². The van der Waals surface area contributed by atoms with Crippen molar-refractivity contribution >= 4 is 21.9 Å². The van der Waals surface area contributed by atoms with Gasteiger partial charge in [-0.05, 0) is 106 Å². The number of morpholine rings is 1. The second-order valence-corrected chi connectivity index (χ2v) is 13.8. The minimum absolute atomic E-state index is 0.0273. The van der Waals surface area contributed by atoms with Crippen LogP contribution in [0.1, 0.15) is 61.1 Å². The zero-order valence-electron chi connectivity index (χ0n) is 28.2. The second kappa shape index (κ2) is 18.1. The Hall–Kier alpha value is -3.77. The fourth-order valence-electron chi connectivity index (χ4n) is 6.31. The van der Waals surface area contributed by atoms with Crippen LogP contribution in [0, 0.1) is 12.8 Å². The number of nitrogens with zero attached hydrogens (tertiary/aromatic N) is 2. The number of amides is 2. The molecule has 2 fully saturated rings. The van der Waals surface area contributed by atoms with E-state index in [-0.39, 0.29) is 29.9 Å². The molecule has 0 bridgehead atoms. The average molecular weight is 681 g/mol. The Labute approximate surface area is 284 Å². The molecule has 0 atom stereocenters. The second-order valence-electron chi connectivity index (χ2n) is 12.3. The maximum atomic E-state index is 11.8. The molecule has 11 heteroatoms. The first-order chi connectivity index (χ1) is 23.1. The van der Waals surface area contributed by atoms with Crippen LogP contribution in [0.5, 0.6) is 11.5 Å². The third-order valence-corrected chi connectivity index (χ3v) is 9.90. The predicted octanol–water partition coefficient (Wildman–Crippen LogP) is 5.74. The number of unbranched alkanes of at least 4 members (excludes halogenated alkanes) is 3. The summed E-state index contributed by atoms with van der Waals surface area (Å²) in [4.78, 5) is 27.5. The maximum absolute atomic E-state index is 11.8. The largest absolute Gasteiger partial charge is 0.497 e. The van der Waals surface area contributed by atoms with Crippen LogP contribution in [0.2, 0.25) is 0 Å². The fraction of sp³-hybridized carbons (Fsp3) is 0.459. The van der Waals surface area contributed by atoms with Gasteiger partial charge in [-0.3, -0.25) is 19.0 Å². The van der Waals surface area contributed by atoms with Gasteiger partial charge in [0.25, 0.3) is 21.9 Å². The highest BCUT2D eigenvalue weighted by Gasteiger charge is 2.29. The normalized spacial score (nSPS) is 16.1. The molecular weight excluding hydrogens is 632 g/mol. The van der Waals surface area contributed by atoms with E-state index in [0.717, 1.165) is 62.4 Å². The van der Waals surface area contributed by atoms with E-state index in [4.69, 9.17) is 18.8 Å². The van der Waals surface area contributed by atoms with E-state index in [1.54, 1.807) is 26.4 Å². The van der Waals surface area contributed by atoms with Crippen molar-refractivity contribution in [1.29, 1.82) is 0 Å². The Morgan fingerprint density at radius 1 is 0.750 bits per heavy atom. The Bertz CT molecular complexity index is 1490. The van der Waals surface area contributed by atoms with Crippen LogP contribution in [-0.4, -0.2) is 88.2 Å². The molecular formula is C37H48N2O8S. The molecule has 2 aliphatic rings. The molecule has 2 heterocycles. The van der Waals surface area contributed by atoms with Crippen molar-refractivity contribution in [3.63, 3.8) is 0 Å². The number of imide groups is 1. The number of ether oxygens (including phenoxy) is 3. The van der Waals surface area contributed by atoms with E-state index in [1.807, 2.05) is 6.92 Å². The number of carbonyl (C=O) groups excluding carboxylic acids is 2. The van der Waals surface area contributed by atoms with Gasteiger partial charge in [0.2, 0.25) is 0 Å². The third-order valence-electron chi connectivity index (χ3n) is 9.03. The lowest BCUT2D eigenvalue weighted by Crippen LogP contribution is -2.46. The first-order valence-electron chi connectivity index (χ1n) is 16.5. The van der Waals surface area contributed by atoms with E-state index in [0.29, 0.717) is 18.4 Å². The van der Waals surface area contributed by atoms with Gasteiger partial charge >= 0.3 is 0 Å². The molecule has 2 aliphatic heterocycles. The van der Waals surface area contributed by atoms with Gasteiger partial charge in [-0.2, -0.15) is 8.42 Å². The van der Waals surface area contributed by atoms with Crippen molar-refractivity contribution in [3.05, 3.63) is 89.5 Å². The lowest BCUT2D eigenvalue weighted by molar-refractivity contribution is -0.158. The highest BCUT2D eigenvalue weighted by atomic mass is 32.2. The molecule has 2 amide bonds. The van der Waals surface area contributed by atoms with Gasteiger partial charge in [0.1, 0.15) is 24.7 Å². The zero-order chi connectivity index (χ0) is 34.5. The van der Waals surface area contributed by atoms with Crippen molar-refractivity contribution in [2.24, 2.45) is 5.92 Å². The van der Waals surface area contributed by atoms with E-state index < -0.39 is 10.1 Å². The molecule has 0 radical (unpaired) electrons. The van der Waals surface area contributed by atoms with Gasteiger partial charge in [0.15, 0.2) is 0 Å². The van der Waals surface area contributed by atoms with Crippen molar-refractivity contribution in [3.8, 4) is 11.5 Å². The minimum atomic E-state index is -4.02. The highest BCUT2D eigenvalue weighted by molar-refractivity contribution is 7.85. The van der Waals surface area contributed by atoms with Crippen molar-refractivity contribution in [1.82, 2.24) is 9.80 Å². The molecule has 48 heavy (non-hydrogen) atoms. The number of methoxy groups -OCH3 is 2. The van der Waals surface area contributed by atoms with Crippen LogP contribution in [0.3, 0.4) is 0 Å². The van der Waals surface area contributed by atoms with Crippen molar-refractivity contribution < 1.29 is 36.8 Å². The number of aryl methyl sites for hydroxylation is 1. The van der Waals surface area contributed by atoms with Gasteiger partial charge in [-0.1, -0.05) is 54.8 Å². The number of rotatable bonds is 13. The van der Waals surface area contributed by atoms with Crippen LogP contribution >= 0.6 is 0 Å². The van der Waals surface area contributed by atoms with E-state index >= 15 is 0 Å². The third kappa shape index (κ3) is 10.9. The van der Waals surface area contributed by atoms with Crippen molar-refractivity contribution in [2.45, 2.75) is 56.3 Å². The van der Waals surface area contributed by atoms with Crippen LogP contribution in [0.4, 0.5) is 0 Å². The SMILES string of the molecule is COc1ccc(C(c2ccc(OC)cc2)C2CCN(CCCCCCN3C(=O)COCC3=O)CC2)cc1.Cc1ccc(S(=O)(=O)O)cc1. The highest BCUT2D eigenvalue weighted by Crippen LogP contribution is 2.39. The Kier molecular flexibility index (Phi) is 14.0. The first kappa shape index (κ1) is 37.1. The fourth-order valence-corrected chi connectivity index (χ4v) is 6.79. The molecule has 0 spiro atoms. The van der Waals surface area contributed by atoms with Gasteiger partial charge in [0, 0.05) is 12.5 Å². The monoisotopic (exact) mass is 680 g/mol. The minimum Gasteiger partial charge on any atom is -0.497 e. The molecule has 0 unspecified atom stereocenters. The van der Waals surface area contributed by atoms with Crippen LogP contribution < -0.4 is 9.47 Å². The van der Waals surface area contributed by atoms with E-state index in [2.05, 4.69) is 53.4 Å². The van der Waals surface area contributed by atoms with Gasteiger partial charge in [-0.25, -0.2) is 0 Å². The van der Waals surface area contributed by atoms with E-state index in [9.17, 15) is 18.0 Å². The van der Waals surface area contributed by atoms with Crippen LogP contribution in [0.25, 0.3) is 0 Å². The maximum Gasteiger partial charge on any atom is 0.294 e. The summed E-state index contributed by atoms with van der Waals surface area (Å²) in [6.07, 6.45) is 6.51. The van der Waals surface area contributed by atoms with Gasteiger partial charge in [0.05, 0.1) is 19.1 Å². The molecule has 260 valence electrons. The Morgan fingerprint density at radius 3 is 1.69 bits per heavy atom. The molecule has 3 aromatic rings. The summed E-state index contributed by atoms with van der Waals surface area (Å²) >= 11 is 0. The predicted molar refractivity (Wildman–Crippen MR) is 184 cm³/mol. The molecule has 0 aliphatic carbocycles. The molecule has 0 aromatic heterocycles. The molecule has 5 rings (SSSR count). The summed E-state index contributed by atoms with van der Waals surface area (Å²) in [6.45, 7) is 5.75. The average Bonchev–Trinajstić information content (AvgIpc) is 3.09. The van der Waals surface area contributed by atoms with Crippen LogP contribution in [-0.2, 0) is 24.4 Å². The molecule has 10 nitrogen and oxygen atoms in total. The molecule has 3 aromatic carbocycles. The van der Waals surface area contributed by atoms with Crippen molar-refractivity contribution in [2.75, 3.05) is 53.6 Å². The Balaban J connectivity index is 0.000000401. The molecule has 1 N–H and O–H groups in total. The number of hydrogen-bond donors (Lipinski definition) is 1. The quantitative estimate of drug-likeness (QED) is 0.137. The summed E-state index contributed by atoms with van der Waals surface area (Å²) in [6, 6.07) is 23.1. The summed E-state index contributed by atoms with van der Waals surface area (Å²) in [5, 5.41) is 0.